The standard InChI is InChI=1S/C16H16N4O3S/c1-11(21)18-12-3-6-14(7-4-12)24(22,23)19-13-5-8-16-15(9-13)17-10-20(16)2/h3-10,19H,1-2H3,(H,18,21). The van der Waals surface area contributed by atoms with E-state index in [1.54, 1.807) is 24.5 Å². The molecule has 24 heavy (non-hydrogen) atoms. The highest BCUT2D eigenvalue weighted by molar-refractivity contribution is 7.92. The van der Waals surface area contributed by atoms with E-state index in [-0.39, 0.29) is 10.8 Å². The lowest BCUT2D eigenvalue weighted by molar-refractivity contribution is -0.114. The van der Waals surface area contributed by atoms with Crippen LogP contribution in [0.5, 0.6) is 0 Å². The maximum absolute atomic E-state index is 12.5. The van der Waals surface area contributed by atoms with Crippen LogP contribution in [0.2, 0.25) is 0 Å². The lowest BCUT2D eigenvalue weighted by Gasteiger charge is -2.09. The number of fused-ring (bicyclic) bond motifs is 1. The summed E-state index contributed by atoms with van der Waals surface area (Å²) in [6.07, 6.45) is 1.67. The van der Waals surface area contributed by atoms with E-state index in [1.165, 1.54) is 31.2 Å². The number of carbonyl (C=O) groups excluding carboxylic acids is 1. The Morgan fingerprint density at radius 3 is 2.42 bits per heavy atom. The summed E-state index contributed by atoms with van der Waals surface area (Å²) in [6.45, 7) is 1.39. The van der Waals surface area contributed by atoms with Crippen molar-refractivity contribution in [2.45, 2.75) is 11.8 Å². The number of nitrogens with one attached hydrogen (secondary N) is 2. The fraction of sp³-hybridized carbons (Fsp3) is 0.125. The first-order valence-corrected chi connectivity index (χ1v) is 8.65. The van der Waals surface area contributed by atoms with E-state index in [9.17, 15) is 13.2 Å². The zero-order chi connectivity index (χ0) is 17.3. The molecule has 0 saturated carbocycles. The maximum Gasteiger partial charge on any atom is 0.261 e. The molecule has 3 rings (SSSR count). The quantitative estimate of drug-likeness (QED) is 0.760. The third kappa shape index (κ3) is 3.23. The second kappa shape index (κ2) is 5.97. The van der Waals surface area contributed by atoms with E-state index in [0.29, 0.717) is 16.9 Å². The van der Waals surface area contributed by atoms with Crippen LogP contribution in [0.1, 0.15) is 6.92 Å². The van der Waals surface area contributed by atoms with Gasteiger partial charge in [0, 0.05) is 19.7 Å². The van der Waals surface area contributed by atoms with Crippen LogP contribution in [-0.4, -0.2) is 23.9 Å². The third-order valence-corrected chi connectivity index (χ3v) is 4.86. The van der Waals surface area contributed by atoms with Crippen LogP contribution in [0, 0.1) is 0 Å². The Morgan fingerprint density at radius 1 is 1.08 bits per heavy atom. The maximum atomic E-state index is 12.5. The van der Waals surface area contributed by atoms with Gasteiger partial charge in [0.25, 0.3) is 10.0 Å². The highest BCUT2D eigenvalue weighted by Crippen LogP contribution is 2.21. The number of nitrogens with zero attached hydrogens (tertiary/aromatic N) is 2. The van der Waals surface area contributed by atoms with E-state index in [0.717, 1.165) is 5.52 Å². The summed E-state index contributed by atoms with van der Waals surface area (Å²) in [5.74, 6) is -0.215. The molecule has 1 amide bonds. The molecule has 3 aromatic rings. The number of sulfonamides is 1. The molecule has 8 heteroatoms. The van der Waals surface area contributed by atoms with Crippen LogP contribution >= 0.6 is 0 Å². The Balaban J connectivity index is 1.85. The minimum absolute atomic E-state index is 0.109. The summed E-state index contributed by atoms with van der Waals surface area (Å²) in [5.41, 5.74) is 2.60. The number of hydrogen-bond donors (Lipinski definition) is 2. The number of carbonyl (C=O) groups is 1. The molecular weight excluding hydrogens is 328 g/mol. The molecule has 1 aromatic heterocycles. The van der Waals surface area contributed by atoms with Gasteiger partial charge in [-0.25, -0.2) is 13.4 Å². The van der Waals surface area contributed by atoms with Crippen molar-refractivity contribution in [1.29, 1.82) is 0 Å². The Labute approximate surface area is 139 Å². The van der Waals surface area contributed by atoms with Crippen LogP contribution in [-0.2, 0) is 21.9 Å². The van der Waals surface area contributed by atoms with Gasteiger partial charge >= 0.3 is 0 Å². The summed E-state index contributed by atoms with van der Waals surface area (Å²) in [4.78, 5) is 15.3. The number of aryl methyl sites for hydroxylation is 1. The van der Waals surface area contributed by atoms with E-state index in [4.69, 9.17) is 0 Å². The van der Waals surface area contributed by atoms with E-state index < -0.39 is 10.0 Å². The van der Waals surface area contributed by atoms with Crippen molar-refractivity contribution in [2.75, 3.05) is 10.0 Å². The normalized spacial score (nSPS) is 11.4. The van der Waals surface area contributed by atoms with Crippen LogP contribution < -0.4 is 10.0 Å². The van der Waals surface area contributed by atoms with Gasteiger partial charge in [0.2, 0.25) is 5.91 Å². The Bertz CT molecular complexity index is 1010. The summed E-state index contributed by atoms with van der Waals surface area (Å²) < 4.78 is 29.3. The van der Waals surface area contributed by atoms with Gasteiger partial charge < -0.3 is 9.88 Å². The van der Waals surface area contributed by atoms with E-state index >= 15 is 0 Å². The fourth-order valence-electron chi connectivity index (χ4n) is 2.33. The number of anilines is 2. The fourth-order valence-corrected chi connectivity index (χ4v) is 3.38. The highest BCUT2D eigenvalue weighted by Gasteiger charge is 2.15. The first-order chi connectivity index (χ1) is 11.3. The molecule has 0 radical (unpaired) electrons. The summed E-state index contributed by atoms with van der Waals surface area (Å²) in [5, 5.41) is 2.59. The van der Waals surface area contributed by atoms with Crippen molar-refractivity contribution in [3.63, 3.8) is 0 Å². The zero-order valence-corrected chi connectivity index (χ0v) is 14.0. The molecule has 0 fully saturated rings. The number of hydrogen-bond acceptors (Lipinski definition) is 4. The van der Waals surface area contributed by atoms with E-state index in [1.807, 2.05) is 11.6 Å². The Hall–Kier alpha value is -2.87. The number of aromatic nitrogens is 2. The molecule has 124 valence electrons. The van der Waals surface area contributed by atoms with Crippen LogP contribution in [0.3, 0.4) is 0 Å². The number of amides is 1. The smallest absolute Gasteiger partial charge is 0.261 e. The van der Waals surface area contributed by atoms with Crippen LogP contribution in [0.4, 0.5) is 11.4 Å². The molecule has 2 aromatic carbocycles. The van der Waals surface area contributed by atoms with E-state index in [2.05, 4.69) is 15.0 Å². The van der Waals surface area contributed by atoms with Crippen molar-refractivity contribution in [3.8, 4) is 0 Å². The van der Waals surface area contributed by atoms with Crippen LogP contribution in [0.25, 0.3) is 11.0 Å². The minimum atomic E-state index is -3.72. The van der Waals surface area contributed by atoms with Gasteiger partial charge in [0.1, 0.15) is 0 Å². The molecule has 0 aliphatic heterocycles. The molecule has 0 aliphatic carbocycles. The lowest BCUT2D eigenvalue weighted by atomic mass is 10.3. The van der Waals surface area contributed by atoms with Gasteiger partial charge in [-0.05, 0) is 42.5 Å². The van der Waals surface area contributed by atoms with Crippen molar-refractivity contribution in [3.05, 3.63) is 48.8 Å². The molecule has 0 spiro atoms. The topological polar surface area (TPSA) is 93.1 Å². The average Bonchev–Trinajstić information content (AvgIpc) is 2.87. The third-order valence-electron chi connectivity index (χ3n) is 3.46. The minimum Gasteiger partial charge on any atom is -0.334 e. The first-order valence-electron chi connectivity index (χ1n) is 7.17. The second-order valence-electron chi connectivity index (χ2n) is 5.37. The number of rotatable bonds is 4. The molecule has 1 heterocycles. The zero-order valence-electron chi connectivity index (χ0n) is 13.1. The first kappa shape index (κ1) is 16.0. The van der Waals surface area contributed by atoms with Crippen molar-refractivity contribution in [1.82, 2.24) is 9.55 Å². The Morgan fingerprint density at radius 2 is 1.75 bits per heavy atom. The largest absolute Gasteiger partial charge is 0.334 e. The SMILES string of the molecule is CC(=O)Nc1ccc(S(=O)(=O)Nc2ccc3c(c2)ncn3C)cc1. The highest BCUT2D eigenvalue weighted by atomic mass is 32.2. The average molecular weight is 344 g/mol. The number of imidazole rings is 1. The molecular formula is C16H16N4O3S. The summed E-state index contributed by atoms with van der Waals surface area (Å²) in [7, 11) is -1.85. The molecule has 7 nitrogen and oxygen atoms in total. The second-order valence-corrected chi connectivity index (χ2v) is 7.05. The van der Waals surface area contributed by atoms with Gasteiger partial charge in [0.15, 0.2) is 0 Å². The predicted octanol–water partition coefficient (Wildman–Crippen LogP) is 2.33. The molecule has 0 saturated heterocycles. The van der Waals surface area contributed by atoms with Crippen molar-refractivity contribution >= 4 is 38.3 Å². The summed E-state index contributed by atoms with van der Waals surface area (Å²) in [6, 6.07) is 11.1. The molecule has 0 bridgehead atoms. The van der Waals surface area contributed by atoms with Crippen LogP contribution in [0.15, 0.2) is 53.7 Å². The lowest BCUT2D eigenvalue weighted by Crippen LogP contribution is -2.13. The molecule has 0 unspecified atom stereocenters. The molecule has 0 aliphatic rings. The van der Waals surface area contributed by atoms with Crippen molar-refractivity contribution in [2.24, 2.45) is 7.05 Å². The Kier molecular flexibility index (Phi) is 3.98. The van der Waals surface area contributed by atoms with Gasteiger partial charge in [-0.15, -0.1) is 0 Å². The summed E-state index contributed by atoms with van der Waals surface area (Å²) >= 11 is 0. The predicted molar refractivity (Wildman–Crippen MR) is 92.3 cm³/mol. The van der Waals surface area contributed by atoms with Gasteiger partial charge in [-0.2, -0.15) is 0 Å². The monoisotopic (exact) mass is 344 g/mol. The van der Waals surface area contributed by atoms with Gasteiger partial charge in [-0.1, -0.05) is 0 Å². The van der Waals surface area contributed by atoms with Gasteiger partial charge in [0.05, 0.1) is 27.9 Å². The number of benzene rings is 2. The van der Waals surface area contributed by atoms with Gasteiger partial charge in [-0.3, -0.25) is 9.52 Å². The molecule has 0 atom stereocenters. The van der Waals surface area contributed by atoms with Crippen molar-refractivity contribution < 1.29 is 13.2 Å². The molecule has 2 N–H and O–H groups in total.